The zero-order valence-electron chi connectivity index (χ0n) is 13.9. The Balaban J connectivity index is 2.13. The van der Waals surface area contributed by atoms with Gasteiger partial charge in [-0.15, -0.1) is 0 Å². The summed E-state index contributed by atoms with van der Waals surface area (Å²) in [6.07, 6.45) is -0.347. The lowest BCUT2D eigenvalue weighted by atomic mass is 10.1. The molecule has 0 heterocycles. The van der Waals surface area contributed by atoms with Gasteiger partial charge in [0.15, 0.2) is 0 Å². The first kappa shape index (κ1) is 18.2. The van der Waals surface area contributed by atoms with Crippen LogP contribution in [0.2, 0.25) is 0 Å². The molecule has 0 bridgehead atoms. The average molecular weight is 340 g/mol. The van der Waals surface area contributed by atoms with Crippen molar-refractivity contribution in [2.75, 3.05) is 16.8 Å². The minimum absolute atomic E-state index is 0.112. The Bertz CT molecular complexity index is 759. The molecule has 0 aromatic heterocycles. The van der Waals surface area contributed by atoms with Crippen LogP contribution in [0.4, 0.5) is 11.4 Å². The summed E-state index contributed by atoms with van der Waals surface area (Å²) < 4.78 is 0. The highest BCUT2D eigenvalue weighted by Crippen LogP contribution is 2.19. The highest BCUT2D eigenvalue weighted by atomic mass is 16.4. The Morgan fingerprint density at radius 3 is 2.36 bits per heavy atom. The smallest absolute Gasteiger partial charge is 0.303 e. The van der Waals surface area contributed by atoms with Gasteiger partial charge in [-0.05, 0) is 37.3 Å². The van der Waals surface area contributed by atoms with Crippen molar-refractivity contribution in [2.45, 2.75) is 19.8 Å². The zero-order valence-corrected chi connectivity index (χ0v) is 13.9. The van der Waals surface area contributed by atoms with Gasteiger partial charge in [-0.2, -0.15) is 0 Å². The molecule has 0 saturated carbocycles. The first-order valence-corrected chi connectivity index (χ1v) is 8.00. The molecule has 2 N–H and O–H groups in total. The molecule has 0 unspecified atom stereocenters. The van der Waals surface area contributed by atoms with Crippen molar-refractivity contribution >= 4 is 29.2 Å². The molecule has 0 radical (unpaired) electrons. The molecule has 2 rings (SSSR count). The van der Waals surface area contributed by atoms with E-state index in [0.29, 0.717) is 17.8 Å². The third-order valence-corrected chi connectivity index (χ3v) is 3.59. The third kappa shape index (κ3) is 5.17. The van der Waals surface area contributed by atoms with Crippen molar-refractivity contribution in [3.8, 4) is 0 Å². The van der Waals surface area contributed by atoms with E-state index in [2.05, 4.69) is 5.32 Å². The number of nitrogens with zero attached hydrogens (tertiary/aromatic N) is 1. The van der Waals surface area contributed by atoms with Crippen LogP contribution in [0.3, 0.4) is 0 Å². The number of carboxylic acids is 1. The van der Waals surface area contributed by atoms with Crippen molar-refractivity contribution in [2.24, 2.45) is 0 Å². The summed E-state index contributed by atoms with van der Waals surface area (Å²) >= 11 is 0. The van der Waals surface area contributed by atoms with E-state index in [1.807, 2.05) is 37.3 Å². The Labute approximate surface area is 146 Å². The van der Waals surface area contributed by atoms with Gasteiger partial charge in [0.25, 0.3) is 5.91 Å². The molecule has 0 aliphatic rings. The Morgan fingerprint density at radius 1 is 1.00 bits per heavy atom. The lowest BCUT2D eigenvalue weighted by Crippen LogP contribution is -2.30. The van der Waals surface area contributed by atoms with Gasteiger partial charge in [-0.1, -0.05) is 24.3 Å². The van der Waals surface area contributed by atoms with E-state index in [4.69, 9.17) is 5.11 Å². The molecule has 6 heteroatoms. The maximum atomic E-state index is 12.8. The average Bonchev–Trinajstić information content (AvgIpc) is 2.61. The van der Waals surface area contributed by atoms with Crippen molar-refractivity contribution in [1.29, 1.82) is 0 Å². The van der Waals surface area contributed by atoms with Crippen LogP contribution in [0.25, 0.3) is 0 Å². The molecule has 25 heavy (non-hydrogen) atoms. The van der Waals surface area contributed by atoms with Gasteiger partial charge in [-0.3, -0.25) is 14.4 Å². The van der Waals surface area contributed by atoms with Gasteiger partial charge < -0.3 is 15.3 Å². The normalized spacial score (nSPS) is 10.1. The third-order valence-electron chi connectivity index (χ3n) is 3.59. The van der Waals surface area contributed by atoms with Crippen LogP contribution in [0.1, 0.15) is 30.1 Å². The maximum absolute atomic E-state index is 12.8. The Hall–Kier alpha value is -3.15. The zero-order chi connectivity index (χ0) is 18.2. The van der Waals surface area contributed by atoms with Crippen LogP contribution in [0.5, 0.6) is 0 Å². The number of amides is 2. The van der Waals surface area contributed by atoms with E-state index in [-0.39, 0.29) is 18.7 Å². The van der Waals surface area contributed by atoms with E-state index in [1.54, 1.807) is 29.2 Å². The molecule has 0 spiro atoms. The molecular formula is C19H20N2O4. The largest absolute Gasteiger partial charge is 0.481 e. The fourth-order valence-electron chi connectivity index (χ4n) is 2.38. The number of aliphatic carboxylic acids is 1. The summed E-state index contributed by atoms with van der Waals surface area (Å²) in [5, 5.41) is 11.2. The van der Waals surface area contributed by atoms with E-state index in [0.717, 1.165) is 5.69 Å². The number of benzene rings is 2. The summed E-state index contributed by atoms with van der Waals surface area (Å²) in [6, 6.07) is 15.9. The van der Waals surface area contributed by atoms with E-state index < -0.39 is 11.9 Å². The number of rotatable bonds is 7. The van der Waals surface area contributed by atoms with E-state index in [9.17, 15) is 14.4 Å². The molecule has 0 fully saturated rings. The Kier molecular flexibility index (Phi) is 6.28. The van der Waals surface area contributed by atoms with E-state index in [1.165, 1.54) is 0 Å². The van der Waals surface area contributed by atoms with Gasteiger partial charge in [0.2, 0.25) is 5.91 Å². The summed E-state index contributed by atoms with van der Waals surface area (Å²) in [6.45, 7) is 2.40. The fourth-order valence-corrected chi connectivity index (χ4v) is 2.38. The van der Waals surface area contributed by atoms with Crippen molar-refractivity contribution in [3.05, 3.63) is 60.2 Å². The monoisotopic (exact) mass is 340 g/mol. The maximum Gasteiger partial charge on any atom is 0.303 e. The second kappa shape index (κ2) is 8.63. The van der Waals surface area contributed by atoms with Crippen LogP contribution in [-0.2, 0) is 9.59 Å². The Morgan fingerprint density at radius 2 is 1.72 bits per heavy atom. The van der Waals surface area contributed by atoms with Gasteiger partial charge >= 0.3 is 5.97 Å². The summed E-state index contributed by atoms with van der Waals surface area (Å²) in [7, 11) is 0. The summed E-state index contributed by atoms with van der Waals surface area (Å²) in [4.78, 5) is 36.7. The number of hydrogen-bond acceptors (Lipinski definition) is 3. The van der Waals surface area contributed by atoms with Crippen LogP contribution in [0.15, 0.2) is 54.6 Å². The minimum Gasteiger partial charge on any atom is -0.481 e. The summed E-state index contributed by atoms with van der Waals surface area (Å²) in [5.41, 5.74) is 1.71. The summed E-state index contributed by atoms with van der Waals surface area (Å²) in [5.74, 6) is -1.60. The van der Waals surface area contributed by atoms with Gasteiger partial charge in [0, 0.05) is 29.9 Å². The predicted octanol–water partition coefficient (Wildman–Crippen LogP) is 3.16. The number of anilines is 2. The van der Waals surface area contributed by atoms with Crippen LogP contribution in [0, 0.1) is 0 Å². The lowest BCUT2D eigenvalue weighted by molar-refractivity contribution is -0.138. The highest BCUT2D eigenvalue weighted by molar-refractivity contribution is 6.07. The number of para-hydroxylation sites is 1. The number of nitrogens with one attached hydrogen (secondary N) is 1. The van der Waals surface area contributed by atoms with Crippen molar-refractivity contribution in [1.82, 2.24) is 0 Å². The quantitative estimate of drug-likeness (QED) is 0.810. The first-order valence-electron chi connectivity index (χ1n) is 8.00. The second-order valence-corrected chi connectivity index (χ2v) is 5.41. The minimum atomic E-state index is -1.03. The fraction of sp³-hybridized carbons (Fsp3) is 0.211. The van der Waals surface area contributed by atoms with Gasteiger partial charge in [-0.25, -0.2) is 0 Å². The van der Waals surface area contributed by atoms with Crippen molar-refractivity contribution < 1.29 is 19.5 Å². The first-order chi connectivity index (χ1) is 12.0. The standard InChI is InChI=1S/C19H20N2O4/c1-2-21(16-9-4-3-5-10-16)19(25)14-7-6-8-15(13-14)20-17(22)11-12-18(23)24/h3-10,13H,2,11-12H2,1H3,(H,20,22)(H,23,24). The molecule has 6 nitrogen and oxygen atoms in total. The van der Waals surface area contributed by atoms with Gasteiger partial charge in [0.05, 0.1) is 6.42 Å². The molecule has 2 aromatic rings. The predicted molar refractivity (Wildman–Crippen MR) is 95.7 cm³/mol. The second-order valence-electron chi connectivity index (χ2n) is 5.41. The molecule has 0 aliphatic heterocycles. The van der Waals surface area contributed by atoms with Gasteiger partial charge in [0.1, 0.15) is 0 Å². The molecule has 0 atom stereocenters. The highest BCUT2D eigenvalue weighted by Gasteiger charge is 2.16. The molecule has 130 valence electrons. The topological polar surface area (TPSA) is 86.7 Å². The molecular weight excluding hydrogens is 320 g/mol. The lowest BCUT2D eigenvalue weighted by Gasteiger charge is -2.21. The number of carbonyl (C=O) groups is 3. The molecule has 2 amide bonds. The number of carbonyl (C=O) groups excluding carboxylic acids is 2. The van der Waals surface area contributed by atoms with Crippen LogP contribution in [-0.4, -0.2) is 29.4 Å². The van der Waals surface area contributed by atoms with E-state index >= 15 is 0 Å². The molecule has 0 aliphatic carbocycles. The van der Waals surface area contributed by atoms with Crippen molar-refractivity contribution in [3.63, 3.8) is 0 Å². The molecule has 0 saturated heterocycles. The number of carboxylic acid groups (broad SMARTS) is 1. The number of hydrogen-bond donors (Lipinski definition) is 2. The van der Waals surface area contributed by atoms with Crippen LogP contribution < -0.4 is 10.2 Å². The molecule has 2 aromatic carbocycles. The van der Waals surface area contributed by atoms with Crippen LogP contribution >= 0.6 is 0 Å². The SMILES string of the molecule is CCN(C(=O)c1cccc(NC(=O)CCC(=O)O)c1)c1ccccc1.